The first-order valence-corrected chi connectivity index (χ1v) is 31.6. The first-order chi connectivity index (χ1) is 28.3. The number of unbranched alkanes of at least 4 members (excludes halogenated alkanes) is 24. The van der Waals surface area contributed by atoms with E-state index in [2.05, 4.69) is 41.5 Å². The summed E-state index contributed by atoms with van der Waals surface area (Å²) >= 11 is 0. The molecule has 0 heterocycles. The molecule has 0 aromatic rings. The van der Waals surface area contributed by atoms with Gasteiger partial charge in [-0.25, -0.2) is 16.8 Å². The van der Waals surface area contributed by atoms with Crippen molar-refractivity contribution in [2.75, 3.05) is 37.0 Å². The van der Waals surface area contributed by atoms with Crippen molar-refractivity contribution in [2.24, 2.45) is 0 Å². The highest BCUT2D eigenvalue weighted by Crippen LogP contribution is 2.56. The molecule has 0 aromatic heterocycles. The standard InChI is InChI=1S/C42H90NP2.C2F6NO4S2/c1-7-13-19-25-31-37-44(38-32-26-20-14-8-2,39-33-27-21-15-9-3)43-45(40-34-28-22-16-10-4,41-35-29-23-17-11-5)42-36-30-24-18-12-6;3-1(4,5)14(10,11)9-15(12,13)2(6,7)8/h7-42H2,1-6H3;/q+1;-1. The summed E-state index contributed by atoms with van der Waals surface area (Å²) in [6, 6.07) is 0. The Bertz CT molecular complexity index is 1190. The summed E-state index contributed by atoms with van der Waals surface area (Å²) < 4.78 is 116. The van der Waals surface area contributed by atoms with E-state index in [1.165, 1.54) is 230 Å². The van der Waals surface area contributed by atoms with Crippen molar-refractivity contribution < 1.29 is 43.2 Å². The van der Waals surface area contributed by atoms with E-state index in [-0.39, 0.29) is 0 Å². The predicted octanol–water partition coefficient (Wildman–Crippen LogP) is 17.3. The minimum absolute atomic E-state index is 0.778. The van der Waals surface area contributed by atoms with Gasteiger partial charge in [0.2, 0.25) is 14.1 Å². The van der Waals surface area contributed by atoms with Crippen molar-refractivity contribution in [2.45, 2.75) is 245 Å². The molecule has 0 unspecified atom stereocenters. The minimum atomic E-state index is -6.72. The van der Waals surface area contributed by atoms with Crippen LogP contribution in [0.5, 0.6) is 0 Å². The maximum Gasteiger partial charge on any atom is 0.480 e. The Kier molecular flexibility index (Phi) is 37.5. The smallest absolute Gasteiger partial charge is 0.421 e. The van der Waals surface area contributed by atoms with E-state index < -0.39 is 45.2 Å². The molecular formula is C44H90F6N2O4P2S2. The Balaban J connectivity index is 0. The molecule has 364 valence electrons. The normalized spacial score (nSPS) is 13.0. The third kappa shape index (κ3) is 31.0. The second-order valence-corrected chi connectivity index (χ2v) is 28.2. The van der Waals surface area contributed by atoms with Gasteiger partial charge in [0.1, 0.15) is 0 Å². The predicted molar refractivity (Wildman–Crippen MR) is 251 cm³/mol. The van der Waals surface area contributed by atoms with E-state index >= 15 is 0 Å². The Labute approximate surface area is 366 Å². The van der Waals surface area contributed by atoms with Crippen molar-refractivity contribution in [3.8, 4) is 0 Å². The van der Waals surface area contributed by atoms with Gasteiger partial charge in [0, 0.05) is 37.0 Å². The fraction of sp³-hybridized carbons (Fsp3) is 1.00. The lowest BCUT2D eigenvalue weighted by Gasteiger charge is -2.22. The van der Waals surface area contributed by atoms with Crippen LogP contribution < -0.4 is 4.17 Å². The molecule has 0 N–H and O–H groups in total. The van der Waals surface area contributed by atoms with E-state index in [0.29, 0.717) is 0 Å². The summed E-state index contributed by atoms with van der Waals surface area (Å²) in [5, 5.41) is 0. The average Bonchev–Trinajstić information content (AvgIpc) is 3.16. The second kappa shape index (κ2) is 36.3. The first kappa shape index (κ1) is 62.1. The monoisotopic (exact) mass is 951 g/mol. The first-order valence-electron chi connectivity index (χ1n) is 24.1. The van der Waals surface area contributed by atoms with Gasteiger partial charge in [0.15, 0.2) is 20.0 Å². The molecule has 0 radical (unpaired) electrons. The number of rotatable bonds is 38. The molecule has 6 nitrogen and oxygen atoms in total. The molecule has 0 aromatic carbocycles. The van der Waals surface area contributed by atoms with E-state index in [9.17, 15) is 43.2 Å². The van der Waals surface area contributed by atoms with Crippen LogP contribution in [0.25, 0.3) is 4.13 Å². The number of nitrogens with zero attached hydrogens (tertiary/aromatic N) is 2. The zero-order valence-corrected chi connectivity index (χ0v) is 42.4. The third-order valence-electron chi connectivity index (χ3n) is 11.2. The van der Waals surface area contributed by atoms with Gasteiger partial charge >= 0.3 is 11.0 Å². The summed E-state index contributed by atoms with van der Waals surface area (Å²) in [5.41, 5.74) is -12.4. The zero-order chi connectivity index (χ0) is 45.9. The van der Waals surface area contributed by atoms with Crippen LogP contribution in [-0.4, -0.2) is 64.8 Å². The fourth-order valence-electron chi connectivity index (χ4n) is 7.61. The van der Waals surface area contributed by atoms with Crippen molar-refractivity contribution in [1.29, 1.82) is 0 Å². The van der Waals surface area contributed by atoms with Crippen LogP contribution in [0.3, 0.4) is 0 Å². The summed E-state index contributed by atoms with van der Waals surface area (Å²) in [5.74, 6) is 0. The highest BCUT2D eigenvalue weighted by molar-refractivity contribution is 8.13. The molecule has 0 aliphatic carbocycles. The molecule has 0 aliphatic rings. The van der Waals surface area contributed by atoms with Gasteiger partial charge in [-0.05, 0) is 38.5 Å². The van der Waals surface area contributed by atoms with Gasteiger partial charge in [-0.3, -0.25) is 0 Å². The maximum absolute atomic E-state index is 11.4. The Morgan fingerprint density at radius 3 is 0.650 bits per heavy atom. The maximum atomic E-state index is 11.4. The SMILES string of the molecule is CCCCCCCP(CCCCCCC)(CCCCCCC)=[N+]=P(CCCCCCC)(CCCCCCC)CCCCCCC.O=S(=O)([N-]S(=O)(=O)C(F)(F)F)C(F)(F)F. The molecule has 0 atom stereocenters. The Morgan fingerprint density at radius 1 is 0.333 bits per heavy atom. The molecule has 0 saturated carbocycles. The zero-order valence-electron chi connectivity index (χ0n) is 39.0. The fourth-order valence-corrected chi connectivity index (χ4v) is 20.9. The minimum Gasteiger partial charge on any atom is -0.421 e. The number of halogens is 6. The van der Waals surface area contributed by atoms with E-state index in [1.807, 2.05) is 0 Å². The van der Waals surface area contributed by atoms with Gasteiger partial charge in [-0.2, -0.15) is 30.5 Å². The summed E-state index contributed by atoms with van der Waals surface area (Å²) in [7, 11) is -16.0. The van der Waals surface area contributed by atoms with Crippen molar-refractivity contribution in [3.63, 3.8) is 0 Å². The molecule has 0 amide bonds. The largest absolute Gasteiger partial charge is 0.480 e. The van der Waals surface area contributed by atoms with E-state index in [0.717, 1.165) is 4.13 Å². The van der Waals surface area contributed by atoms with Gasteiger partial charge < -0.3 is 4.13 Å². The van der Waals surface area contributed by atoms with Crippen LogP contribution in [-0.2, 0) is 20.0 Å². The van der Waals surface area contributed by atoms with Crippen LogP contribution in [0, 0.1) is 0 Å². The van der Waals surface area contributed by atoms with E-state index in [4.69, 9.17) is 4.17 Å². The molecule has 0 spiro atoms. The lowest BCUT2D eigenvalue weighted by molar-refractivity contribution is -0.0444. The second-order valence-electron chi connectivity index (χ2n) is 17.0. The summed E-state index contributed by atoms with van der Waals surface area (Å²) in [6.07, 6.45) is 52.2. The van der Waals surface area contributed by atoms with Crippen LogP contribution in [0.2, 0.25) is 0 Å². The van der Waals surface area contributed by atoms with Crippen LogP contribution in [0.1, 0.15) is 234 Å². The van der Waals surface area contributed by atoms with Gasteiger partial charge in [0.25, 0.3) is 0 Å². The highest BCUT2D eigenvalue weighted by atomic mass is 32.3. The van der Waals surface area contributed by atoms with Crippen molar-refractivity contribution in [3.05, 3.63) is 4.13 Å². The van der Waals surface area contributed by atoms with Crippen LogP contribution in [0.15, 0.2) is 0 Å². The molecule has 0 rings (SSSR count). The van der Waals surface area contributed by atoms with Gasteiger partial charge in [-0.1, -0.05) is 196 Å². The van der Waals surface area contributed by atoms with Crippen LogP contribution in [0.4, 0.5) is 26.3 Å². The molecule has 0 fully saturated rings. The average molecular weight is 951 g/mol. The lowest BCUT2D eigenvalue weighted by Crippen LogP contribution is -2.30. The van der Waals surface area contributed by atoms with Crippen LogP contribution >= 0.6 is 14.1 Å². The molecule has 0 aliphatic heterocycles. The molecule has 16 heteroatoms. The topological polar surface area (TPSA) is 96.5 Å². The quantitative estimate of drug-likeness (QED) is 0.0266. The molecule has 60 heavy (non-hydrogen) atoms. The number of hydrogen-bond donors (Lipinski definition) is 0. The lowest BCUT2D eigenvalue weighted by atomic mass is 10.2. The summed E-state index contributed by atoms with van der Waals surface area (Å²) in [4.78, 5) is 0. The number of hydrogen-bond acceptors (Lipinski definition) is 4. The number of alkyl halides is 6. The Hall–Kier alpha value is 0.0100. The third-order valence-corrected chi connectivity index (χ3v) is 23.9. The molecular weight excluding hydrogens is 861 g/mol. The van der Waals surface area contributed by atoms with Crippen molar-refractivity contribution >= 4 is 34.2 Å². The van der Waals surface area contributed by atoms with Crippen molar-refractivity contribution in [1.82, 2.24) is 4.17 Å². The highest BCUT2D eigenvalue weighted by Gasteiger charge is 2.47. The number of sulfonamides is 2. The van der Waals surface area contributed by atoms with Gasteiger partial charge in [0.05, 0.1) is 0 Å². The molecule has 0 bridgehead atoms. The summed E-state index contributed by atoms with van der Waals surface area (Å²) in [6.45, 7) is 14.2. The Morgan fingerprint density at radius 2 is 0.500 bits per heavy atom. The van der Waals surface area contributed by atoms with E-state index in [1.54, 1.807) is 0 Å². The molecule has 0 saturated heterocycles. The van der Waals surface area contributed by atoms with Gasteiger partial charge in [-0.15, -0.1) is 0 Å².